The van der Waals surface area contributed by atoms with Gasteiger partial charge in [0, 0.05) is 32.9 Å². The lowest BCUT2D eigenvalue weighted by molar-refractivity contribution is 0.0796. The summed E-state index contributed by atoms with van der Waals surface area (Å²) in [6.45, 7) is 3.38. The lowest BCUT2D eigenvalue weighted by Gasteiger charge is -2.13. The van der Waals surface area contributed by atoms with Crippen LogP contribution >= 0.6 is 11.3 Å². The molecule has 164 valence electrons. The highest BCUT2D eigenvalue weighted by Crippen LogP contribution is 2.31. The SMILES string of the molecule is Cc1nc(-c2cc(S(=O)(=O)NCc3ccc(F)cc3)cn2C)sc1C(=O)N1CCCC1. The van der Waals surface area contributed by atoms with Crippen LogP contribution in [0.15, 0.2) is 41.4 Å². The number of aromatic nitrogens is 2. The van der Waals surface area contributed by atoms with E-state index in [1.165, 1.54) is 41.8 Å². The summed E-state index contributed by atoms with van der Waals surface area (Å²) in [4.78, 5) is 19.8. The van der Waals surface area contributed by atoms with E-state index in [9.17, 15) is 17.6 Å². The summed E-state index contributed by atoms with van der Waals surface area (Å²) in [7, 11) is -2.03. The zero-order valence-electron chi connectivity index (χ0n) is 17.3. The van der Waals surface area contributed by atoms with Crippen molar-refractivity contribution in [1.29, 1.82) is 0 Å². The molecule has 1 saturated heterocycles. The van der Waals surface area contributed by atoms with E-state index in [1.54, 1.807) is 24.6 Å². The van der Waals surface area contributed by atoms with Crippen molar-refractivity contribution in [3.63, 3.8) is 0 Å². The zero-order valence-corrected chi connectivity index (χ0v) is 18.9. The molecule has 0 saturated carbocycles. The number of hydrogen-bond donors (Lipinski definition) is 1. The third-order valence-electron chi connectivity index (χ3n) is 5.27. The van der Waals surface area contributed by atoms with Gasteiger partial charge in [0.05, 0.1) is 11.4 Å². The molecule has 7 nitrogen and oxygen atoms in total. The number of likely N-dealkylation sites (tertiary alicyclic amines) is 1. The van der Waals surface area contributed by atoms with Crippen LogP contribution in [0.5, 0.6) is 0 Å². The highest BCUT2D eigenvalue weighted by Gasteiger charge is 2.26. The Balaban J connectivity index is 1.55. The van der Waals surface area contributed by atoms with Gasteiger partial charge in [-0.1, -0.05) is 12.1 Å². The number of halogens is 1. The molecule has 0 bridgehead atoms. The van der Waals surface area contributed by atoms with E-state index in [4.69, 9.17) is 0 Å². The highest BCUT2D eigenvalue weighted by molar-refractivity contribution is 7.89. The smallest absolute Gasteiger partial charge is 0.265 e. The second kappa shape index (κ2) is 8.52. The second-order valence-electron chi connectivity index (χ2n) is 7.56. The fourth-order valence-corrected chi connectivity index (χ4v) is 5.71. The number of carbonyl (C=O) groups excluding carboxylic acids is 1. The molecule has 0 atom stereocenters. The Morgan fingerprint density at radius 1 is 1.23 bits per heavy atom. The average Bonchev–Trinajstić information content (AvgIpc) is 3.47. The first kappa shape index (κ1) is 21.7. The van der Waals surface area contributed by atoms with E-state index in [1.807, 2.05) is 4.90 Å². The van der Waals surface area contributed by atoms with E-state index >= 15 is 0 Å². The number of rotatable bonds is 6. The van der Waals surface area contributed by atoms with Crippen molar-refractivity contribution in [1.82, 2.24) is 19.2 Å². The Kier molecular flexibility index (Phi) is 5.96. The van der Waals surface area contributed by atoms with Crippen molar-refractivity contribution < 1.29 is 17.6 Å². The normalized spacial score (nSPS) is 14.4. The maximum absolute atomic E-state index is 13.0. The lowest BCUT2D eigenvalue weighted by Crippen LogP contribution is -2.27. The van der Waals surface area contributed by atoms with Gasteiger partial charge in [-0.05, 0) is 43.5 Å². The van der Waals surface area contributed by atoms with Gasteiger partial charge in [-0.25, -0.2) is 22.5 Å². The molecule has 2 aromatic heterocycles. The van der Waals surface area contributed by atoms with Gasteiger partial charge in [0.15, 0.2) is 0 Å². The fourth-order valence-electron chi connectivity index (χ4n) is 3.53. The molecule has 0 unspecified atom stereocenters. The van der Waals surface area contributed by atoms with Gasteiger partial charge >= 0.3 is 0 Å². The van der Waals surface area contributed by atoms with Crippen molar-refractivity contribution in [3.8, 4) is 10.7 Å². The van der Waals surface area contributed by atoms with Crippen LogP contribution in [0.3, 0.4) is 0 Å². The first-order valence-electron chi connectivity index (χ1n) is 9.92. The molecule has 1 aliphatic heterocycles. The molecule has 1 aliphatic rings. The summed E-state index contributed by atoms with van der Waals surface area (Å²) < 4.78 is 42.7. The minimum absolute atomic E-state index is 0.0123. The van der Waals surface area contributed by atoms with E-state index in [0.29, 0.717) is 26.8 Å². The van der Waals surface area contributed by atoms with Crippen molar-refractivity contribution >= 4 is 27.3 Å². The Bertz CT molecular complexity index is 1210. The third kappa shape index (κ3) is 4.56. The summed E-state index contributed by atoms with van der Waals surface area (Å²) in [5.74, 6) is -0.387. The maximum atomic E-state index is 13.0. The van der Waals surface area contributed by atoms with Crippen LogP contribution in [0, 0.1) is 12.7 Å². The summed E-state index contributed by atoms with van der Waals surface area (Å²) in [5.41, 5.74) is 1.93. The molecule has 3 heterocycles. The summed E-state index contributed by atoms with van der Waals surface area (Å²) in [5, 5.41) is 0.600. The van der Waals surface area contributed by atoms with E-state index in [0.717, 1.165) is 25.9 Å². The molecular weight excluding hydrogens is 439 g/mol. The Hall–Kier alpha value is -2.56. The number of carbonyl (C=O) groups is 1. The quantitative estimate of drug-likeness (QED) is 0.609. The van der Waals surface area contributed by atoms with Gasteiger partial charge < -0.3 is 9.47 Å². The van der Waals surface area contributed by atoms with Gasteiger partial charge in [-0.2, -0.15) is 0 Å². The Morgan fingerprint density at radius 3 is 2.58 bits per heavy atom. The molecule has 1 aromatic carbocycles. The van der Waals surface area contributed by atoms with Crippen LogP contribution < -0.4 is 4.72 Å². The summed E-state index contributed by atoms with van der Waals surface area (Å²) in [6, 6.07) is 7.19. The molecule has 1 amide bonds. The third-order valence-corrected chi connectivity index (χ3v) is 7.81. The maximum Gasteiger partial charge on any atom is 0.265 e. The first-order chi connectivity index (χ1) is 14.7. The summed E-state index contributed by atoms with van der Waals surface area (Å²) >= 11 is 1.28. The molecule has 3 aromatic rings. The molecular formula is C21H23FN4O3S2. The number of thiazole rings is 1. The van der Waals surface area contributed by atoms with Gasteiger partial charge in [0.1, 0.15) is 20.6 Å². The van der Waals surface area contributed by atoms with E-state index in [2.05, 4.69) is 9.71 Å². The highest BCUT2D eigenvalue weighted by atomic mass is 32.2. The standard InChI is InChI=1S/C21H23FN4O3S2/c1-14-19(21(27)26-9-3-4-10-26)30-20(24-14)18-11-17(13-25(18)2)31(28,29)23-12-15-5-7-16(22)8-6-15/h5-8,11,13,23H,3-4,9-10,12H2,1-2H3. The topological polar surface area (TPSA) is 84.3 Å². The lowest BCUT2D eigenvalue weighted by atomic mass is 10.2. The molecule has 0 aliphatic carbocycles. The van der Waals surface area contributed by atoms with Gasteiger partial charge in [0.2, 0.25) is 10.0 Å². The molecule has 10 heteroatoms. The zero-order chi connectivity index (χ0) is 22.2. The number of sulfonamides is 1. The van der Waals surface area contributed by atoms with Crippen LogP contribution in [0.2, 0.25) is 0 Å². The average molecular weight is 463 g/mol. The monoisotopic (exact) mass is 462 g/mol. The van der Waals surface area contributed by atoms with Crippen LogP contribution in [0.25, 0.3) is 10.7 Å². The molecule has 4 rings (SSSR count). The van der Waals surface area contributed by atoms with Crippen LogP contribution in [-0.4, -0.2) is 41.9 Å². The first-order valence-corrected chi connectivity index (χ1v) is 12.2. The van der Waals surface area contributed by atoms with Crippen LogP contribution in [-0.2, 0) is 23.6 Å². The molecule has 0 radical (unpaired) electrons. The predicted octanol–water partition coefficient (Wildman–Crippen LogP) is 3.31. The predicted molar refractivity (Wildman–Crippen MR) is 117 cm³/mol. The van der Waals surface area contributed by atoms with Crippen molar-refractivity contribution in [2.45, 2.75) is 31.2 Å². The Labute approximate surface area is 184 Å². The van der Waals surface area contributed by atoms with Crippen molar-refractivity contribution in [3.05, 3.63) is 58.5 Å². The number of nitrogens with zero attached hydrogens (tertiary/aromatic N) is 3. The molecule has 0 spiro atoms. The van der Waals surface area contributed by atoms with Crippen LogP contribution in [0.4, 0.5) is 4.39 Å². The molecule has 31 heavy (non-hydrogen) atoms. The number of nitrogens with one attached hydrogen (secondary N) is 1. The largest absolute Gasteiger partial charge is 0.347 e. The number of amides is 1. The van der Waals surface area contributed by atoms with Crippen molar-refractivity contribution in [2.75, 3.05) is 13.1 Å². The Morgan fingerprint density at radius 2 is 1.90 bits per heavy atom. The van der Waals surface area contributed by atoms with Crippen LogP contribution in [0.1, 0.15) is 33.8 Å². The molecule has 1 N–H and O–H groups in total. The van der Waals surface area contributed by atoms with Gasteiger partial charge in [-0.3, -0.25) is 4.79 Å². The molecule has 1 fully saturated rings. The van der Waals surface area contributed by atoms with Gasteiger partial charge in [-0.15, -0.1) is 11.3 Å². The summed E-state index contributed by atoms with van der Waals surface area (Å²) in [6.07, 6.45) is 3.54. The van der Waals surface area contributed by atoms with E-state index < -0.39 is 10.0 Å². The minimum Gasteiger partial charge on any atom is -0.347 e. The van der Waals surface area contributed by atoms with Crippen molar-refractivity contribution in [2.24, 2.45) is 7.05 Å². The fraction of sp³-hybridized carbons (Fsp3) is 0.333. The number of benzene rings is 1. The van der Waals surface area contributed by atoms with Gasteiger partial charge in [0.25, 0.3) is 5.91 Å². The minimum atomic E-state index is -3.77. The number of hydrogen-bond acceptors (Lipinski definition) is 5. The van der Waals surface area contributed by atoms with E-state index in [-0.39, 0.29) is 23.2 Å². The number of aryl methyl sites for hydroxylation is 2. The second-order valence-corrected chi connectivity index (χ2v) is 10.3.